The van der Waals surface area contributed by atoms with Gasteiger partial charge in [-0.25, -0.2) is 0 Å². The lowest BCUT2D eigenvalue weighted by molar-refractivity contribution is -0.123. The first-order valence-corrected chi connectivity index (χ1v) is 13.9. The van der Waals surface area contributed by atoms with Gasteiger partial charge in [0.2, 0.25) is 0 Å². The number of imide groups is 1. The molecule has 0 aliphatic carbocycles. The van der Waals surface area contributed by atoms with Crippen LogP contribution in [0.4, 0.5) is 10.5 Å². The van der Waals surface area contributed by atoms with Gasteiger partial charge in [0.05, 0.1) is 21.6 Å². The van der Waals surface area contributed by atoms with E-state index in [9.17, 15) is 14.4 Å². The van der Waals surface area contributed by atoms with Crippen molar-refractivity contribution < 1.29 is 23.9 Å². The molecular weight excluding hydrogens is 615 g/mol. The monoisotopic (exact) mass is 642 g/mol. The summed E-state index contributed by atoms with van der Waals surface area (Å²) in [6, 6.07) is 18.8. The number of nitrogens with zero attached hydrogens (tertiary/aromatic N) is 1. The summed E-state index contributed by atoms with van der Waals surface area (Å²) in [7, 11) is 0. The van der Waals surface area contributed by atoms with Crippen LogP contribution in [0.2, 0.25) is 0 Å². The molecule has 3 aromatic carbocycles. The molecule has 38 heavy (non-hydrogen) atoms. The average Bonchev–Trinajstić information content (AvgIpc) is 3.12. The molecule has 1 N–H and O–H groups in total. The van der Waals surface area contributed by atoms with E-state index in [0.29, 0.717) is 37.8 Å². The number of rotatable bonds is 9. The number of anilines is 1. The molecule has 3 amide bonds. The number of carbonyl (C=O) groups excluding carboxylic acids is 3. The number of hydrogen-bond donors (Lipinski definition) is 1. The lowest BCUT2D eigenvalue weighted by Crippen LogP contribution is -2.27. The van der Waals surface area contributed by atoms with E-state index in [-0.39, 0.29) is 30.2 Å². The third kappa shape index (κ3) is 6.96. The Morgan fingerprint density at radius 1 is 1.03 bits per heavy atom. The summed E-state index contributed by atoms with van der Waals surface area (Å²) in [5, 5.41) is 2.52. The maximum atomic E-state index is 13.0. The van der Waals surface area contributed by atoms with Gasteiger partial charge in [-0.05, 0) is 102 Å². The maximum Gasteiger partial charge on any atom is 0.293 e. The maximum absolute atomic E-state index is 13.0. The van der Waals surface area contributed by atoms with Crippen LogP contribution in [-0.4, -0.2) is 35.2 Å². The Hall–Kier alpha value is -3.31. The topological polar surface area (TPSA) is 84.9 Å². The minimum Gasteiger partial charge on any atom is -0.490 e. The van der Waals surface area contributed by atoms with E-state index >= 15 is 0 Å². The van der Waals surface area contributed by atoms with E-state index < -0.39 is 0 Å². The quantitative estimate of drug-likeness (QED) is 0.210. The molecule has 3 aromatic rings. The standard InChI is InChI=1S/C29H27IN2O5S/c1-4-36-24-14-21(13-23(30)27(24)37-17-26(33)31-22-7-5-6-19(3)12-22)15-25-28(34)32(29(35)38-25)16-20-10-8-18(2)9-11-20/h5-15H,4,16-17H2,1-3H3,(H,31,33)/b25-15-. The van der Waals surface area contributed by atoms with Crippen molar-refractivity contribution in [1.82, 2.24) is 4.90 Å². The van der Waals surface area contributed by atoms with Gasteiger partial charge in [-0.2, -0.15) is 0 Å². The van der Waals surface area contributed by atoms with E-state index in [1.807, 2.05) is 75.4 Å². The van der Waals surface area contributed by atoms with Crippen LogP contribution in [0.15, 0.2) is 65.6 Å². The molecule has 1 fully saturated rings. The first kappa shape index (κ1) is 27.7. The SMILES string of the molecule is CCOc1cc(/C=C2\SC(=O)N(Cc3ccc(C)cc3)C2=O)cc(I)c1OCC(=O)Nc1cccc(C)c1. The number of aryl methyl sites for hydroxylation is 2. The van der Waals surface area contributed by atoms with Crippen LogP contribution in [0.25, 0.3) is 6.08 Å². The van der Waals surface area contributed by atoms with Crippen LogP contribution in [0.1, 0.15) is 29.2 Å². The van der Waals surface area contributed by atoms with E-state index in [1.54, 1.807) is 12.1 Å². The van der Waals surface area contributed by atoms with E-state index in [2.05, 4.69) is 27.9 Å². The number of thioether (sulfide) groups is 1. The fourth-order valence-corrected chi connectivity index (χ4v) is 5.42. The molecule has 7 nitrogen and oxygen atoms in total. The average molecular weight is 643 g/mol. The van der Waals surface area contributed by atoms with Crippen LogP contribution < -0.4 is 14.8 Å². The van der Waals surface area contributed by atoms with Crippen molar-refractivity contribution in [2.75, 3.05) is 18.5 Å². The highest BCUT2D eigenvalue weighted by Crippen LogP contribution is 2.38. The van der Waals surface area contributed by atoms with E-state index in [1.165, 1.54) is 4.90 Å². The Labute approximate surface area is 239 Å². The molecule has 1 aliphatic heterocycles. The van der Waals surface area contributed by atoms with Crippen molar-refractivity contribution in [3.8, 4) is 11.5 Å². The molecule has 0 bridgehead atoms. The molecule has 9 heteroatoms. The van der Waals surface area contributed by atoms with Crippen molar-refractivity contribution >= 4 is 63.2 Å². The number of halogens is 1. The fourth-order valence-electron chi connectivity index (χ4n) is 3.80. The van der Waals surface area contributed by atoms with Gasteiger partial charge >= 0.3 is 0 Å². The zero-order valence-corrected chi connectivity index (χ0v) is 24.2. The molecule has 4 rings (SSSR count). The summed E-state index contributed by atoms with van der Waals surface area (Å²) in [6.45, 7) is 6.21. The third-order valence-electron chi connectivity index (χ3n) is 5.61. The predicted molar refractivity (Wildman–Crippen MR) is 158 cm³/mol. The normalized spacial score (nSPS) is 14.2. The third-order valence-corrected chi connectivity index (χ3v) is 7.32. The van der Waals surface area contributed by atoms with Gasteiger partial charge in [0, 0.05) is 5.69 Å². The van der Waals surface area contributed by atoms with Gasteiger partial charge in [0.1, 0.15) is 0 Å². The molecule has 0 radical (unpaired) electrons. The van der Waals surface area contributed by atoms with Crippen molar-refractivity contribution in [1.29, 1.82) is 0 Å². The smallest absolute Gasteiger partial charge is 0.293 e. The van der Waals surface area contributed by atoms with Gasteiger partial charge in [0.25, 0.3) is 17.1 Å². The molecule has 0 unspecified atom stereocenters. The number of amides is 3. The molecule has 1 aliphatic rings. The zero-order valence-electron chi connectivity index (χ0n) is 21.2. The summed E-state index contributed by atoms with van der Waals surface area (Å²) in [4.78, 5) is 39.6. The van der Waals surface area contributed by atoms with Crippen LogP contribution in [-0.2, 0) is 16.1 Å². The highest BCUT2D eigenvalue weighted by atomic mass is 127. The Kier molecular flexibility index (Phi) is 9.11. The Balaban J connectivity index is 1.48. The zero-order chi connectivity index (χ0) is 27.2. The highest BCUT2D eigenvalue weighted by molar-refractivity contribution is 14.1. The molecular formula is C29H27IN2O5S. The number of nitrogens with one attached hydrogen (secondary N) is 1. The van der Waals surface area contributed by atoms with Crippen molar-refractivity contribution in [3.63, 3.8) is 0 Å². The Bertz CT molecular complexity index is 1400. The molecule has 1 saturated heterocycles. The van der Waals surface area contributed by atoms with Crippen LogP contribution in [0, 0.1) is 17.4 Å². The van der Waals surface area contributed by atoms with Gasteiger partial charge in [0.15, 0.2) is 18.1 Å². The van der Waals surface area contributed by atoms with Gasteiger partial charge < -0.3 is 14.8 Å². The highest BCUT2D eigenvalue weighted by Gasteiger charge is 2.35. The largest absolute Gasteiger partial charge is 0.490 e. The first-order chi connectivity index (χ1) is 18.2. The van der Waals surface area contributed by atoms with Crippen LogP contribution >= 0.6 is 34.4 Å². The number of ether oxygens (including phenoxy) is 2. The molecule has 1 heterocycles. The minimum atomic E-state index is -0.332. The Morgan fingerprint density at radius 3 is 2.50 bits per heavy atom. The van der Waals surface area contributed by atoms with Crippen molar-refractivity contribution in [3.05, 3.63) is 91.4 Å². The second-order valence-electron chi connectivity index (χ2n) is 8.72. The lowest BCUT2D eigenvalue weighted by atomic mass is 10.1. The van der Waals surface area contributed by atoms with E-state index in [4.69, 9.17) is 9.47 Å². The second kappa shape index (κ2) is 12.5. The molecule has 0 aromatic heterocycles. The molecule has 0 spiro atoms. The summed E-state index contributed by atoms with van der Waals surface area (Å²) in [6.07, 6.45) is 1.68. The lowest BCUT2D eigenvalue weighted by Gasteiger charge is -2.15. The van der Waals surface area contributed by atoms with E-state index in [0.717, 1.165) is 28.5 Å². The number of hydrogen-bond acceptors (Lipinski definition) is 6. The number of carbonyl (C=O) groups is 3. The second-order valence-corrected chi connectivity index (χ2v) is 10.9. The van der Waals surface area contributed by atoms with Gasteiger partial charge in [-0.1, -0.05) is 42.0 Å². The summed E-state index contributed by atoms with van der Waals surface area (Å²) < 4.78 is 12.3. The predicted octanol–water partition coefficient (Wildman–Crippen LogP) is 6.56. The van der Waals surface area contributed by atoms with Gasteiger partial charge in [-0.3, -0.25) is 19.3 Å². The summed E-state index contributed by atoms with van der Waals surface area (Å²) in [5.41, 5.74) is 4.43. The van der Waals surface area contributed by atoms with Gasteiger partial charge in [-0.15, -0.1) is 0 Å². The summed E-state index contributed by atoms with van der Waals surface area (Å²) in [5.74, 6) is 0.270. The summed E-state index contributed by atoms with van der Waals surface area (Å²) >= 11 is 3.02. The number of benzene rings is 3. The molecule has 0 atom stereocenters. The van der Waals surface area contributed by atoms with Crippen LogP contribution in [0.3, 0.4) is 0 Å². The molecule has 0 saturated carbocycles. The first-order valence-electron chi connectivity index (χ1n) is 12.0. The minimum absolute atomic E-state index is 0.193. The fraction of sp³-hybridized carbons (Fsp3) is 0.207. The Morgan fingerprint density at radius 2 is 1.79 bits per heavy atom. The van der Waals surface area contributed by atoms with Crippen molar-refractivity contribution in [2.24, 2.45) is 0 Å². The van der Waals surface area contributed by atoms with Crippen molar-refractivity contribution in [2.45, 2.75) is 27.3 Å². The molecule has 196 valence electrons. The van der Waals surface area contributed by atoms with Crippen LogP contribution in [0.5, 0.6) is 11.5 Å².